The highest BCUT2D eigenvalue weighted by Gasteiger charge is 2.34. The van der Waals surface area contributed by atoms with Gasteiger partial charge in [0.05, 0.1) is 11.3 Å². The van der Waals surface area contributed by atoms with Crippen molar-refractivity contribution in [1.82, 2.24) is 15.5 Å². The molecule has 2 aromatic rings. The van der Waals surface area contributed by atoms with Crippen LogP contribution in [0.2, 0.25) is 5.02 Å². The first kappa shape index (κ1) is 17.8. The van der Waals surface area contributed by atoms with Gasteiger partial charge in [-0.25, -0.2) is 0 Å². The fraction of sp³-hybridized carbons (Fsp3) is 0.214. The first-order valence-electron chi connectivity index (χ1n) is 6.59. The predicted octanol–water partition coefficient (Wildman–Crippen LogP) is 3.00. The number of aromatic nitrogens is 2. The number of anilines is 1. The second kappa shape index (κ2) is 6.52. The SMILES string of the molecule is CNC(=O)c1cc(Cl)cc(C)c1NC(=O)c1cc(C(F)(F)F)[nH]n1. The second-order valence-electron chi connectivity index (χ2n) is 4.84. The van der Waals surface area contributed by atoms with Crippen molar-refractivity contribution in [2.45, 2.75) is 13.1 Å². The predicted molar refractivity (Wildman–Crippen MR) is 81.1 cm³/mol. The Morgan fingerprint density at radius 3 is 2.42 bits per heavy atom. The molecular formula is C14H12ClF3N4O2. The van der Waals surface area contributed by atoms with Crippen LogP contribution < -0.4 is 10.6 Å². The average Bonchev–Trinajstić information content (AvgIpc) is 2.98. The molecule has 1 heterocycles. The fourth-order valence-corrected chi connectivity index (χ4v) is 2.26. The zero-order valence-electron chi connectivity index (χ0n) is 12.5. The van der Waals surface area contributed by atoms with Crippen LogP contribution >= 0.6 is 11.6 Å². The maximum atomic E-state index is 12.5. The van der Waals surface area contributed by atoms with Gasteiger partial charge in [-0.1, -0.05) is 11.6 Å². The summed E-state index contributed by atoms with van der Waals surface area (Å²) in [4.78, 5) is 24.0. The van der Waals surface area contributed by atoms with Crippen LogP contribution in [0.25, 0.3) is 0 Å². The molecule has 0 unspecified atom stereocenters. The van der Waals surface area contributed by atoms with Crippen molar-refractivity contribution in [2.24, 2.45) is 0 Å². The van der Waals surface area contributed by atoms with Crippen LogP contribution in [0, 0.1) is 6.92 Å². The molecule has 128 valence electrons. The van der Waals surface area contributed by atoms with Gasteiger partial charge in [0.15, 0.2) is 5.69 Å². The Kier molecular flexibility index (Phi) is 4.83. The number of alkyl halides is 3. The van der Waals surface area contributed by atoms with Crippen LogP contribution in [0.1, 0.15) is 32.1 Å². The normalized spacial score (nSPS) is 11.2. The van der Waals surface area contributed by atoms with Crippen molar-refractivity contribution in [3.8, 4) is 0 Å². The smallest absolute Gasteiger partial charge is 0.355 e. The third kappa shape index (κ3) is 3.67. The third-order valence-corrected chi connectivity index (χ3v) is 3.34. The molecule has 1 aromatic heterocycles. The number of halogens is 4. The van der Waals surface area contributed by atoms with Gasteiger partial charge in [0.25, 0.3) is 11.8 Å². The Morgan fingerprint density at radius 1 is 1.21 bits per heavy atom. The standard InChI is InChI=1S/C14H12ClF3N4O2/c1-6-3-7(15)4-8(12(23)19-2)11(6)20-13(24)9-5-10(22-21-9)14(16,17)18/h3-5H,1-2H3,(H,19,23)(H,20,24)(H,21,22). The van der Waals surface area contributed by atoms with Crippen molar-refractivity contribution in [3.05, 3.63) is 45.7 Å². The van der Waals surface area contributed by atoms with E-state index < -0.39 is 29.4 Å². The van der Waals surface area contributed by atoms with Gasteiger partial charge >= 0.3 is 6.18 Å². The summed E-state index contributed by atoms with van der Waals surface area (Å²) in [7, 11) is 1.40. The molecule has 0 aliphatic rings. The fourth-order valence-electron chi connectivity index (χ4n) is 1.98. The molecule has 0 saturated carbocycles. The molecular weight excluding hydrogens is 349 g/mol. The van der Waals surface area contributed by atoms with Gasteiger partial charge in [0, 0.05) is 18.1 Å². The van der Waals surface area contributed by atoms with Crippen LogP contribution in [0.15, 0.2) is 18.2 Å². The zero-order chi connectivity index (χ0) is 18.1. The minimum Gasteiger partial charge on any atom is -0.355 e. The van der Waals surface area contributed by atoms with Crippen LogP contribution in [0.3, 0.4) is 0 Å². The molecule has 3 N–H and O–H groups in total. The minimum absolute atomic E-state index is 0.0856. The van der Waals surface area contributed by atoms with E-state index in [0.29, 0.717) is 11.6 Å². The minimum atomic E-state index is -4.64. The van der Waals surface area contributed by atoms with E-state index in [9.17, 15) is 22.8 Å². The molecule has 0 saturated heterocycles. The highest BCUT2D eigenvalue weighted by molar-refractivity contribution is 6.31. The molecule has 6 nitrogen and oxygen atoms in total. The Bertz CT molecular complexity index is 802. The first-order valence-corrected chi connectivity index (χ1v) is 6.97. The first-order chi connectivity index (χ1) is 11.1. The summed E-state index contributed by atoms with van der Waals surface area (Å²) in [5, 5.41) is 10.2. The van der Waals surface area contributed by atoms with E-state index in [1.807, 2.05) is 0 Å². The third-order valence-electron chi connectivity index (χ3n) is 3.13. The Morgan fingerprint density at radius 2 is 1.88 bits per heavy atom. The zero-order valence-corrected chi connectivity index (χ0v) is 13.3. The Balaban J connectivity index is 2.35. The number of nitrogens with one attached hydrogen (secondary N) is 3. The largest absolute Gasteiger partial charge is 0.432 e. The maximum Gasteiger partial charge on any atom is 0.432 e. The summed E-state index contributed by atoms with van der Waals surface area (Å²) in [5.41, 5.74) is -0.907. The van der Waals surface area contributed by atoms with Crippen LogP contribution in [0.5, 0.6) is 0 Å². The number of hydrogen-bond acceptors (Lipinski definition) is 3. The van der Waals surface area contributed by atoms with E-state index in [4.69, 9.17) is 11.6 Å². The number of aromatic amines is 1. The number of carbonyl (C=O) groups excluding carboxylic acids is 2. The molecule has 10 heteroatoms. The van der Waals surface area contributed by atoms with Crippen molar-refractivity contribution in [2.75, 3.05) is 12.4 Å². The van der Waals surface area contributed by atoms with Crippen LogP contribution in [-0.4, -0.2) is 29.1 Å². The van der Waals surface area contributed by atoms with Gasteiger partial charge in [-0.05, 0) is 24.6 Å². The molecule has 2 amide bonds. The van der Waals surface area contributed by atoms with E-state index in [2.05, 4.69) is 15.7 Å². The summed E-state index contributed by atoms with van der Waals surface area (Å²) in [6.45, 7) is 1.60. The van der Waals surface area contributed by atoms with Crippen molar-refractivity contribution in [3.63, 3.8) is 0 Å². The Hall–Kier alpha value is -2.55. The van der Waals surface area contributed by atoms with Crippen molar-refractivity contribution < 1.29 is 22.8 Å². The number of H-pyrrole nitrogens is 1. The van der Waals surface area contributed by atoms with Crippen molar-refractivity contribution in [1.29, 1.82) is 0 Å². The molecule has 1 aromatic carbocycles. The molecule has 0 fully saturated rings. The summed E-state index contributed by atoms with van der Waals surface area (Å²) < 4.78 is 37.6. The van der Waals surface area contributed by atoms with Gasteiger partial charge in [-0.2, -0.15) is 18.3 Å². The Labute approximate surface area is 139 Å². The van der Waals surface area contributed by atoms with Gasteiger partial charge in [-0.15, -0.1) is 0 Å². The lowest BCUT2D eigenvalue weighted by Gasteiger charge is -2.13. The molecule has 0 bridgehead atoms. The lowest BCUT2D eigenvalue weighted by Crippen LogP contribution is -2.22. The monoisotopic (exact) mass is 360 g/mol. The topological polar surface area (TPSA) is 86.9 Å². The van der Waals surface area contributed by atoms with E-state index >= 15 is 0 Å². The van der Waals surface area contributed by atoms with Crippen LogP contribution in [0.4, 0.5) is 18.9 Å². The number of hydrogen-bond donors (Lipinski definition) is 3. The summed E-state index contributed by atoms with van der Waals surface area (Å²) >= 11 is 5.90. The second-order valence-corrected chi connectivity index (χ2v) is 5.28. The van der Waals surface area contributed by atoms with Gasteiger partial charge in [0.1, 0.15) is 5.69 Å². The molecule has 0 radical (unpaired) electrons. The van der Waals surface area contributed by atoms with E-state index in [-0.39, 0.29) is 16.3 Å². The molecule has 0 aliphatic carbocycles. The molecule has 0 aliphatic heterocycles. The average molecular weight is 361 g/mol. The lowest BCUT2D eigenvalue weighted by atomic mass is 10.1. The number of nitrogens with zero attached hydrogens (tertiary/aromatic N) is 1. The van der Waals surface area contributed by atoms with E-state index in [1.165, 1.54) is 19.2 Å². The lowest BCUT2D eigenvalue weighted by molar-refractivity contribution is -0.141. The van der Waals surface area contributed by atoms with Gasteiger partial charge < -0.3 is 10.6 Å². The number of benzene rings is 1. The van der Waals surface area contributed by atoms with Crippen LogP contribution in [-0.2, 0) is 6.18 Å². The van der Waals surface area contributed by atoms with E-state index in [1.54, 1.807) is 12.0 Å². The summed E-state index contributed by atoms with van der Waals surface area (Å²) in [5.74, 6) is -1.40. The molecule has 24 heavy (non-hydrogen) atoms. The van der Waals surface area contributed by atoms with Gasteiger partial charge in [-0.3, -0.25) is 14.7 Å². The summed E-state index contributed by atoms with van der Waals surface area (Å²) in [6, 6.07) is 3.43. The molecule has 0 spiro atoms. The number of aryl methyl sites for hydroxylation is 1. The molecule has 0 atom stereocenters. The number of rotatable bonds is 3. The van der Waals surface area contributed by atoms with E-state index in [0.717, 1.165) is 0 Å². The quantitative estimate of drug-likeness (QED) is 0.786. The van der Waals surface area contributed by atoms with Gasteiger partial charge in [0.2, 0.25) is 0 Å². The number of amides is 2. The number of carbonyl (C=O) groups is 2. The summed E-state index contributed by atoms with van der Waals surface area (Å²) in [6.07, 6.45) is -4.64. The molecule has 2 rings (SSSR count). The maximum absolute atomic E-state index is 12.5. The van der Waals surface area contributed by atoms with Crippen molar-refractivity contribution >= 4 is 29.1 Å². The highest BCUT2D eigenvalue weighted by Crippen LogP contribution is 2.29. The highest BCUT2D eigenvalue weighted by atomic mass is 35.5.